The number of carbonyl (C=O) groups is 1. The Bertz CT molecular complexity index is 293. The fraction of sp³-hybridized carbons (Fsp3) is 0.933. The molecule has 3 nitrogen and oxygen atoms in total. The van der Waals surface area contributed by atoms with Crippen LogP contribution in [0.3, 0.4) is 0 Å². The smallest absolute Gasteiger partial charge is 0.225 e. The van der Waals surface area contributed by atoms with E-state index in [4.69, 9.17) is 0 Å². The van der Waals surface area contributed by atoms with Gasteiger partial charge in [-0.3, -0.25) is 4.79 Å². The Morgan fingerprint density at radius 1 is 1.17 bits per heavy atom. The zero-order valence-corrected chi connectivity index (χ0v) is 11.8. The van der Waals surface area contributed by atoms with Crippen molar-refractivity contribution in [2.24, 2.45) is 11.8 Å². The maximum absolute atomic E-state index is 12.5. The Morgan fingerprint density at radius 2 is 1.83 bits per heavy atom. The lowest BCUT2D eigenvalue weighted by Gasteiger charge is -2.30. The molecule has 1 saturated heterocycles. The molecule has 0 aromatic carbocycles. The van der Waals surface area contributed by atoms with Gasteiger partial charge < -0.3 is 10.0 Å². The van der Waals surface area contributed by atoms with Crippen LogP contribution in [0.1, 0.15) is 58.8 Å². The van der Waals surface area contributed by atoms with Crippen molar-refractivity contribution in [1.82, 2.24) is 4.90 Å². The molecule has 1 unspecified atom stereocenters. The average molecular weight is 253 g/mol. The molecular weight excluding hydrogens is 226 g/mol. The first-order chi connectivity index (χ1) is 8.48. The predicted molar refractivity (Wildman–Crippen MR) is 72.2 cm³/mol. The molecule has 104 valence electrons. The monoisotopic (exact) mass is 253 g/mol. The number of likely N-dealkylation sites (tertiary alicyclic amines) is 1. The van der Waals surface area contributed by atoms with Crippen molar-refractivity contribution in [3.8, 4) is 0 Å². The molecule has 0 aromatic heterocycles. The molecule has 2 rings (SSSR count). The third-order valence-corrected chi connectivity index (χ3v) is 4.74. The Balaban J connectivity index is 1.89. The van der Waals surface area contributed by atoms with Gasteiger partial charge in [-0.05, 0) is 57.8 Å². The molecule has 1 amide bonds. The first-order valence-electron chi connectivity index (χ1n) is 7.49. The quantitative estimate of drug-likeness (QED) is 0.780. The van der Waals surface area contributed by atoms with Gasteiger partial charge in [-0.25, -0.2) is 0 Å². The largest absolute Gasteiger partial charge is 0.390 e. The van der Waals surface area contributed by atoms with Gasteiger partial charge in [0.05, 0.1) is 5.60 Å². The highest BCUT2D eigenvalue weighted by atomic mass is 16.3. The molecule has 1 aliphatic heterocycles. The summed E-state index contributed by atoms with van der Waals surface area (Å²) in [5, 5.41) is 10.1. The summed E-state index contributed by atoms with van der Waals surface area (Å²) >= 11 is 0. The van der Waals surface area contributed by atoms with Gasteiger partial charge in [0.1, 0.15) is 0 Å². The number of rotatable bonds is 1. The SMILES string of the molecule is CC1CCC(C(=O)N2CCCC(C)(O)CC2)CC1. The van der Waals surface area contributed by atoms with Crippen LogP contribution < -0.4 is 0 Å². The minimum absolute atomic E-state index is 0.254. The van der Waals surface area contributed by atoms with Crippen LogP contribution in [0.4, 0.5) is 0 Å². The number of hydrogen-bond acceptors (Lipinski definition) is 2. The van der Waals surface area contributed by atoms with E-state index < -0.39 is 5.60 Å². The van der Waals surface area contributed by atoms with Crippen molar-refractivity contribution in [3.63, 3.8) is 0 Å². The van der Waals surface area contributed by atoms with Crippen molar-refractivity contribution in [3.05, 3.63) is 0 Å². The average Bonchev–Trinajstić information content (AvgIpc) is 2.50. The first-order valence-corrected chi connectivity index (χ1v) is 7.49. The molecule has 0 radical (unpaired) electrons. The Hall–Kier alpha value is -0.570. The lowest BCUT2D eigenvalue weighted by Crippen LogP contribution is -2.39. The number of hydrogen-bond donors (Lipinski definition) is 1. The van der Waals surface area contributed by atoms with Gasteiger partial charge in [0.25, 0.3) is 0 Å². The highest BCUT2D eigenvalue weighted by molar-refractivity contribution is 5.79. The number of aliphatic hydroxyl groups is 1. The van der Waals surface area contributed by atoms with Gasteiger partial charge in [0, 0.05) is 19.0 Å². The second kappa shape index (κ2) is 5.60. The maximum atomic E-state index is 12.5. The van der Waals surface area contributed by atoms with Crippen molar-refractivity contribution in [1.29, 1.82) is 0 Å². The van der Waals surface area contributed by atoms with Crippen LogP contribution in [0.5, 0.6) is 0 Å². The van der Waals surface area contributed by atoms with Crippen molar-refractivity contribution < 1.29 is 9.90 Å². The summed E-state index contributed by atoms with van der Waals surface area (Å²) in [6.07, 6.45) is 6.99. The predicted octanol–water partition coefficient (Wildman–Crippen LogP) is 2.58. The molecule has 1 atom stereocenters. The topological polar surface area (TPSA) is 40.5 Å². The lowest BCUT2D eigenvalue weighted by atomic mass is 9.82. The van der Waals surface area contributed by atoms with Crippen LogP contribution in [-0.4, -0.2) is 34.6 Å². The molecule has 3 heteroatoms. The molecule has 2 aliphatic rings. The van der Waals surface area contributed by atoms with Crippen LogP contribution in [0, 0.1) is 11.8 Å². The van der Waals surface area contributed by atoms with Crippen LogP contribution in [0.25, 0.3) is 0 Å². The van der Waals surface area contributed by atoms with Gasteiger partial charge in [0.15, 0.2) is 0 Å². The summed E-state index contributed by atoms with van der Waals surface area (Å²) in [6, 6.07) is 0. The maximum Gasteiger partial charge on any atom is 0.225 e. The van der Waals surface area contributed by atoms with Crippen molar-refractivity contribution in [2.45, 2.75) is 64.4 Å². The summed E-state index contributed by atoms with van der Waals surface area (Å²) in [7, 11) is 0. The third kappa shape index (κ3) is 3.47. The Kier molecular flexibility index (Phi) is 4.31. The number of nitrogens with zero attached hydrogens (tertiary/aromatic N) is 1. The fourth-order valence-electron chi connectivity index (χ4n) is 3.25. The molecule has 1 saturated carbocycles. The highest BCUT2D eigenvalue weighted by Gasteiger charge is 2.31. The van der Waals surface area contributed by atoms with Gasteiger partial charge in [-0.15, -0.1) is 0 Å². The summed E-state index contributed by atoms with van der Waals surface area (Å²) < 4.78 is 0. The molecule has 1 heterocycles. The van der Waals surface area contributed by atoms with Gasteiger partial charge in [-0.1, -0.05) is 6.92 Å². The first kappa shape index (κ1) is 13.9. The Morgan fingerprint density at radius 3 is 2.50 bits per heavy atom. The summed E-state index contributed by atoms with van der Waals surface area (Å²) in [6.45, 7) is 5.74. The van der Waals surface area contributed by atoms with E-state index in [1.807, 2.05) is 11.8 Å². The van der Waals surface area contributed by atoms with Gasteiger partial charge in [-0.2, -0.15) is 0 Å². The standard InChI is InChI=1S/C15H27NO2/c1-12-4-6-13(7-5-12)14(17)16-10-3-8-15(2,18)9-11-16/h12-13,18H,3-11H2,1-2H3. The second-order valence-electron chi connectivity index (χ2n) is 6.63. The summed E-state index contributed by atoms with van der Waals surface area (Å²) in [5.41, 5.74) is -0.573. The van der Waals surface area contributed by atoms with E-state index in [2.05, 4.69) is 6.92 Å². The van der Waals surface area contributed by atoms with E-state index in [9.17, 15) is 9.90 Å². The molecular formula is C15H27NO2. The minimum atomic E-state index is -0.573. The molecule has 0 spiro atoms. The summed E-state index contributed by atoms with van der Waals surface area (Å²) in [4.78, 5) is 14.5. The van der Waals surface area contributed by atoms with Gasteiger partial charge >= 0.3 is 0 Å². The Labute approximate surface area is 111 Å². The van der Waals surface area contributed by atoms with E-state index in [1.54, 1.807) is 0 Å². The highest BCUT2D eigenvalue weighted by Crippen LogP contribution is 2.31. The second-order valence-corrected chi connectivity index (χ2v) is 6.63. The lowest BCUT2D eigenvalue weighted by molar-refractivity contribution is -0.136. The third-order valence-electron chi connectivity index (χ3n) is 4.74. The molecule has 0 aromatic rings. The number of amides is 1. The molecule has 2 fully saturated rings. The summed E-state index contributed by atoms with van der Waals surface area (Å²) in [5.74, 6) is 1.39. The minimum Gasteiger partial charge on any atom is -0.390 e. The van der Waals surface area contributed by atoms with Gasteiger partial charge in [0.2, 0.25) is 5.91 Å². The molecule has 1 aliphatic carbocycles. The van der Waals surface area contributed by atoms with Crippen LogP contribution in [0.15, 0.2) is 0 Å². The van der Waals surface area contributed by atoms with E-state index >= 15 is 0 Å². The van der Waals surface area contributed by atoms with Crippen LogP contribution in [-0.2, 0) is 4.79 Å². The van der Waals surface area contributed by atoms with Crippen molar-refractivity contribution >= 4 is 5.91 Å². The van der Waals surface area contributed by atoms with E-state index in [0.29, 0.717) is 5.91 Å². The van der Waals surface area contributed by atoms with Crippen LogP contribution >= 0.6 is 0 Å². The fourth-order valence-corrected chi connectivity index (χ4v) is 3.25. The molecule has 0 bridgehead atoms. The van der Waals surface area contributed by atoms with E-state index in [0.717, 1.165) is 51.1 Å². The zero-order valence-electron chi connectivity index (χ0n) is 11.8. The van der Waals surface area contributed by atoms with E-state index in [-0.39, 0.29) is 5.92 Å². The van der Waals surface area contributed by atoms with Crippen LogP contribution in [0.2, 0.25) is 0 Å². The zero-order chi connectivity index (χ0) is 13.2. The molecule has 18 heavy (non-hydrogen) atoms. The molecule has 1 N–H and O–H groups in total. The number of carbonyl (C=O) groups excluding carboxylic acids is 1. The normalized spacial score (nSPS) is 38.3. The van der Waals surface area contributed by atoms with Crippen molar-refractivity contribution in [2.75, 3.05) is 13.1 Å². The van der Waals surface area contributed by atoms with E-state index in [1.165, 1.54) is 12.8 Å².